The minimum Gasteiger partial charge on any atom is -0.355 e. The zero-order valence-corrected chi connectivity index (χ0v) is 9.71. The van der Waals surface area contributed by atoms with E-state index in [0.717, 1.165) is 17.9 Å². The normalized spacial score (nSPS) is 10.4. The molecular weight excluding hydrogens is 186 g/mol. The van der Waals surface area contributed by atoms with E-state index in [4.69, 9.17) is 0 Å². The van der Waals surface area contributed by atoms with Crippen molar-refractivity contribution in [2.24, 2.45) is 5.92 Å². The summed E-state index contributed by atoms with van der Waals surface area (Å²) in [5.74, 6) is 0.703. The van der Waals surface area contributed by atoms with Crippen molar-refractivity contribution in [3.8, 4) is 0 Å². The predicted octanol–water partition coefficient (Wildman–Crippen LogP) is 2.63. The van der Waals surface area contributed by atoms with Gasteiger partial charge in [0, 0.05) is 12.6 Å². The minimum absolute atomic E-state index is 0.0228. The number of aryl methyl sites for hydroxylation is 1. The molecule has 1 amide bonds. The van der Waals surface area contributed by atoms with Crippen molar-refractivity contribution < 1.29 is 4.79 Å². The van der Waals surface area contributed by atoms with Crippen LogP contribution in [0.3, 0.4) is 0 Å². The Bertz CT molecular complexity index is 314. The molecule has 0 aliphatic carbocycles. The van der Waals surface area contributed by atoms with Crippen LogP contribution in [0.4, 0.5) is 0 Å². The van der Waals surface area contributed by atoms with Gasteiger partial charge in [-0.15, -0.1) is 0 Å². The Kier molecular flexibility index (Phi) is 4.35. The first-order valence-electron chi connectivity index (χ1n) is 5.44. The van der Waals surface area contributed by atoms with Crippen molar-refractivity contribution in [1.29, 1.82) is 0 Å². The van der Waals surface area contributed by atoms with Gasteiger partial charge in [0.25, 0.3) is 5.91 Å². The zero-order valence-electron chi connectivity index (χ0n) is 9.71. The third-order valence-corrected chi connectivity index (χ3v) is 2.45. The molecule has 0 aliphatic rings. The van der Waals surface area contributed by atoms with Crippen LogP contribution in [0.2, 0.25) is 0 Å². The number of carbonyl (C=O) groups excluding carboxylic acids is 1. The van der Waals surface area contributed by atoms with Crippen LogP contribution in [0.15, 0.2) is 24.3 Å². The highest BCUT2D eigenvalue weighted by Crippen LogP contribution is 2.10. The van der Waals surface area contributed by atoms with Gasteiger partial charge in [-0.2, -0.15) is 0 Å². The summed E-state index contributed by atoms with van der Waals surface area (Å²) in [4.78, 5) is 11.3. The van der Waals surface area contributed by atoms with Gasteiger partial charge in [0.1, 0.15) is 0 Å². The summed E-state index contributed by atoms with van der Waals surface area (Å²) in [5.41, 5.74) is 2.03. The first-order valence-corrected chi connectivity index (χ1v) is 5.44. The van der Waals surface area contributed by atoms with Crippen molar-refractivity contribution in [2.45, 2.75) is 26.7 Å². The lowest BCUT2D eigenvalue weighted by Gasteiger charge is -2.05. The van der Waals surface area contributed by atoms with Crippen LogP contribution in [-0.4, -0.2) is 13.0 Å². The Morgan fingerprint density at radius 2 is 1.87 bits per heavy atom. The quantitative estimate of drug-likeness (QED) is 0.804. The van der Waals surface area contributed by atoms with Crippen LogP contribution >= 0.6 is 0 Å². The lowest BCUT2D eigenvalue weighted by Crippen LogP contribution is -2.17. The zero-order chi connectivity index (χ0) is 11.3. The largest absolute Gasteiger partial charge is 0.355 e. The van der Waals surface area contributed by atoms with Crippen LogP contribution in [0.25, 0.3) is 0 Å². The number of hydrogen-bond donors (Lipinski definition) is 1. The Hall–Kier alpha value is -1.31. The molecule has 0 saturated carbocycles. The summed E-state index contributed by atoms with van der Waals surface area (Å²) in [6.45, 7) is 4.44. The predicted molar refractivity (Wildman–Crippen MR) is 63.0 cm³/mol. The molecule has 0 atom stereocenters. The fraction of sp³-hybridized carbons (Fsp3) is 0.462. The van der Waals surface area contributed by atoms with E-state index in [1.165, 1.54) is 12.0 Å². The standard InChI is InChI=1S/C13H19NO/c1-10(2)4-5-11-6-8-12(9-7-11)13(15)14-3/h6-10H,4-5H2,1-3H3,(H,14,15). The number of carbonyl (C=O) groups is 1. The molecule has 1 N–H and O–H groups in total. The van der Waals surface area contributed by atoms with Crippen molar-refractivity contribution in [1.82, 2.24) is 5.32 Å². The highest BCUT2D eigenvalue weighted by atomic mass is 16.1. The summed E-state index contributed by atoms with van der Waals surface area (Å²) >= 11 is 0. The average Bonchev–Trinajstić information content (AvgIpc) is 2.26. The summed E-state index contributed by atoms with van der Waals surface area (Å²) < 4.78 is 0. The Labute approximate surface area is 91.7 Å². The van der Waals surface area contributed by atoms with E-state index in [1.807, 2.05) is 24.3 Å². The molecule has 0 heterocycles. The first-order chi connectivity index (χ1) is 7.13. The molecule has 2 heteroatoms. The van der Waals surface area contributed by atoms with Gasteiger partial charge in [0.2, 0.25) is 0 Å². The molecule has 0 unspecified atom stereocenters. The van der Waals surface area contributed by atoms with E-state index >= 15 is 0 Å². The third-order valence-electron chi connectivity index (χ3n) is 2.45. The van der Waals surface area contributed by atoms with Gasteiger partial charge in [0.05, 0.1) is 0 Å². The summed E-state index contributed by atoms with van der Waals surface area (Å²) in [7, 11) is 1.65. The monoisotopic (exact) mass is 205 g/mol. The maximum Gasteiger partial charge on any atom is 0.251 e. The Morgan fingerprint density at radius 3 is 2.33 bits per heavy atom. The molecule has 0 bridgehead atoms. The maximum absolute atomic E-state index is 11.3. The molecule has 1 rings (SSSR count). The number of benzene rings is 1. The number of amides is 1. The second-order valence-electron chi connectivity index (χ2n) is 4.21. The summed E-state index contributed by atoms with van der Waals surface area (Å²) in [6.07, 6.45) is 2.28. The average molecular weight is 205 g/mol. The van der Waals surface area contributed by atoms with E-state index in [9.17, 15) is 4.79 Å². The van der Waals surface area contributed by atoms with E-state index in [0.29, 0.717) is 0 Å². The van der Waals surface area contributed by atoms with Crippen molar-refractivity contribution in [3.05, 3.63) is 35.4 Å². The van der Waals surface area contributed by atoms with Crippen LogP contribution < -0.4 is 5.32 Å². The maximum atomic E-state index is 11.3. The lowest BCUT2D eigenvalue weighted by molar-refractivity contribution is 0.0963. The molecule has 0 fully saturated rings. The van der Waals surface area contributed by atoms with Gasteiger partial charge in [0.15, 0.2) is 0 Å². The van der Waals surface area contributed by atoms with Gasteiger partial charge < -0.3 is 5.32 Å². The van der Waals surface area contributed by atoms with Crippen molar-refractivity contribution in [3.63, 3.8) is 0 Å². The van der Waals surface area contributed by atoms with E-state index in [2.05, 4.69) is 19.2 Å². The molecule has 0 spiro atoms. The number of rotatable bonds is 4. The fourth-order valence-corrected chi connectivity index (χ4v) is 1.42. The van der Waals surface area contributed by atoms with Crippen LogP contribution in [-0.2, 0) is 6.42 Å². The highest BCUT2D eigenvalue weighted by molar-refractivity contribution is 5.93. The van der Waals surface area contributed by atoms with Crippen LogP contribution in [0, 0.1) is 5.92 Å². The van der Waals surface area contributed by atoms with Gasteiger partial charge in [-0.05, 0) is 36.5 Å². The third kappa shape index (κ3) is 3.74. The van der Waals surface area contributed by atoms with Crippen LogP contribution in [0.1, 0.15) is 36.2 Å². The topological polar surface area (TPSA) is 29.1 Å². The molecule has 1 aromatic rings. The first kappa shape index (κ1) is 11.8. The van der Waals surface area contributed by atoms with E-state index in [-0.39, 0.29) is 5.91 Å². The highest BCUT2D eigenvalue weighted by Gasteiger charge is 2.02. The lowest BCUT2D eigenvalue weighted by atomic mass is 10.0. The minimum atomic E-state index is -0.0228. The molecule has 1 aromatic carbocycles. The van der Waals surface area contributed by atoms with E-state index in [1.54, 1.807) is 7.05 Å². The van der Waals surface area contributed by atoms with Crippen molar-refractivity contribution in [2.75, 3.05) is 7.05 Å². The van der Waals surface area contributed by atoms with Crippen LogP contribution in [0.5, 0.6) is 0 Å². The van der Waals surface area contributed by atoms with Gasteiger partial charge >= 0.3 is 0 Å². The number of nitrogens with one attached hydrogen (secondary N) is 1. The van der Waals surface area contributed by atoms with E-state index < -0.39 is 0 Å². The second kappa shape index (κ2) is 5.54. The number of hydrogen-bond acceptors (Lipinski definition) is 1. The molecule has 82 valence electrons. The second-order valence-corrected chi connectivity index (χ2v) is 4.21. The Morgan fingerprint density at radius 1 is 1.27 bits per heavy atom. The smallest absolute Gasteiger partial charge is 0.251 e. The Balaban J connectivity index is 2.60. The fourth-order valence-electron chi connectivity index (χ4n) is 1.42. The van der Waals surface area contributed by atoms with Gasteiger partial charge in [-0.1, -0.05) is 26.0 Å². The summed E-state index contributed by atoms with van der Waals surface area (Å²) in [5, 5.41) is 2.61. The molecule has 0 radical (unpaired) electrons. The van der Waals surface area contributed by atoms with Gasteiger partial charge in [-0.3, -0.25) is 4.79 Å². The van der Waals surface area contributed by atoms with Crippen molar-refractivity contribution >= 4 is 5.91 Å². The molecule has 0 aliphatic heterocycles. The molecule has 0 aromatic heterocycles. The molecule has 0 saturated heterocycles. The molecular formula is C13H19NO. The van der Waals surface area contributed by atoms with Gasteiger partial charge in [-0.25, -0.2) is 0 Å². The summed E-state index contributed by atoms with van der Waals surface area (Å²) in [6, 6.07) is 7.84. The molecule has 2 nitrogen and oxygen atoms in total. The SMILES string of the molecule is CNC(=O)c1ccc(CCC(C)C)cc1. The molecule has 15 heavy (non-hydrogen) atoms.